The molecular formula is C14H23N3. The number of rotatable bonds is 5. The number of aromatic nitrogens is 1. The number of hydrogen-bond acceptors (Lipinski definition) is 3. The largest absolute Gasteiger partial charge is 0.311 e. The Morgan fingerprint density at radius 1 is 1.41 bits per heavy atom. The summed E-state index contributed by atoms with van der Waals surface area (Å²) < 4.78 is 0. The Balaban J connectivity index is 1.85. The average molecular weight is 233 g/mol. The first-order chi connectivity index (χ1) is 8.14. The third-order valence-electron chi connectivity index (χ3n) is 4.15. The second-order valence-corrected chi connectivity index (χ2v) is 5.38. The SMILES string of the molecule is Cc1ccncc1CNCC1(N(C)C)CCC1. The van der Waals surface area contributed by atoms with E-state index in [1.54, 1.807) is 0 Å². The molecule has 0 spiro atoms. The first kappa shape index (κ1) is 12.5. The fourth-order valence-electron chi connectivity index (χ4n) is 2.48. The lowest BCUT2D eigenvalue weighted by atomic mass is 9.75. The Morgan fingerprint density at radius 2 is 2.18 bits per heavy atom. The zero-order valence-electron chi connectivity index (χ0n) is 11.2. The van der Waals surface area contributed by atoms with Gasteiger partial charge in [0.1, 0.15) is 0 Å². The highest BCUT2D eigenvalue weighted by atomic mass is 15.2. The molecule has 1 saturated carbocycles. The highest BCUT2D eigenvalue weighted by Gasteiger charge is 2.38. The number of nitrogens with one attached hydrogen (secondary N) is 1. The quantitative estimate of drug-likeness (QED) is 0.842. The average Bonchev–Trinajstić information content (AvgIpc) is 2.23. The molecule has 0 radical (unpaired) electrons. The normalized spacial score (nSPS) is 18.1. The Kier molecular flexibility index (Phi) is 3.79. The van der Waals surface area contributed by atoms with E-state index < -0.39 is 0 Å². The van der Waals surface area contributed by atoms with Gasteiger partial charge in [0.15, 0.2) is 0 Å². The Labute approximate surface area is 104 Å². The summed E-state index contributed by atoms with van der Waals surface area (Å²) in [4.78, 5) is 6.55. The van der Waals surface area contributed by atoms with E-state index >= 15 is 0 Å². The fraction of sp³-hybridized carbons (Fsp3) is 0.643. The van der Waals surface area contributed by atoms with Gasteiger partial charge in [-0.1, -0.05) is 0 Å². The Hall–Kier alpha value is -0.930. The van der Waals surface area contributed by atoms with Crippen LogP contribution in [0.5, 0.6) is 0 Å². The van der Waals surface area contributed by atoms with Crippen molar-refractivity contribution in [2.45, 2.75) is 38.3 Å². The highest BCUT2D eigenvalue weighted by Crippen LogP contribution is 2.35. The van der Waals surface area contributed by atoms with Gasteiger partial charge in [0.05, 0.1) is 0 Å². The maximum absolute atomic E-state index is 4.18. The first-order valence-corrected chi connectivity index (χ1v) is 6.42. The van der Waals surface area contributed by atoms with E-state index in [2.05, 4.69) is 42.3 Å². The molecular weight excluding hydrogens is 210 g/mol. The standard InChI is InChI=1S/C14H23N3/c1-12-5-8-15-9-13(12)10-16-11-14(17(2)3)6-4-7-14/h5,8-9,16H,4,6-7,10-11H2,1-3H3. The molecule has 17 heavy (non-hydrogen) atoms. The molecule has 0 atom stereocenters. The molecule has 3 nitrogen and oxygen atoms in total. The second kappa shape index (κ2) is 5.15. The molecule has 1 aliphatic carbocycles. The summed E-state index contributed by atoms with van der Waals surface area (Å²) in [5, 5.41) is 3.58. The molecule has 3 heteroatoms. The van der Waals surface area contributed by atoms with E-state index in [0.29, 0.717) is 5.54 Å². The lowest BCUT2D eigenvalue weighted by molar-refractivity contribution is 0.0598. The van der Waals surface area contributed by atoms with Crippen molar-refractivity contribution in [3.05, 3.63) is 29.6 Å². The summed E-state index contributed by atoms with van der Waals surface area (Å²) in [7, 11) is 4.38. The molecule has 1 aliphatic rings. The third kappa shape index (κ3) is 2.67. The zero-order valence-corrected chi connectivity index (χ0v) is 11.2. The van der Waals surface area contributed by atoms with Crippen LogP contribution in [-0.4, -0.2) is 36.1 Å². The van der Waals surface area contributed by atoms with Gasteiger partial charge >= 0.3 is 0 Å². The van der Waals surface area contributed by atoms with Crippen LogP contribution in [0.1, 0.15) is 30.4 Å². The predicted molar refractivity (Wildman–Crippen MR) is 70.9 cm³/mol. The van der Waals surface area contributed by atoms with Crippen LogP contribution in [0.3, 0.4) is 0 Å². The van der Waals surface area contributed by atoms with Crippen molar-refractivity contribution in [2.24, 2.45) is 0 Å². The molecule has 94 valence electrons. The minimum Gasteiger partial charge on any atom is -0.311 e. The van der Waals surface area contributed by atoms with Crippen molar-refractivity contribution in [1.82, 2.24) is 15.2 Å². The van der Waals surface area contributed by atoms with Gasteiger partial charge in [0.25, 0.3) is 0 Å². The molecule has 1 aromatic rings. The summed E-state index contributed by atoms with van der Waals surface area (Å²) in [6.45, 7) is 4.15. The number of pyridine rings is 1. The van der Waals surface area contributed by atoms with Gasteiger partial charge in [-0.25, -0.2) is 0 Å². The number of aryl methyl sites for hydroxylation is 1. The van der Waals surface area contributed by atoms with Crippen LogP contribution in [0, 0.1) is 6.92 Å². The van der Waals surface area contributed by atoms with Crippen molar-refractivity contribution in [1.29, 1.82) is 0 Å². The van der Waals surface area contributed by atoms with E-state index in [1.807, 2.05) is 12.4 Å². The van der Waals surface area contributed by atoms with Crippen LogP contribution in [0.25, 0.3) is 0 Å². The van der Waals surface area contributed by atoms with Crippen LogP contribution in [0.15, 0.2) is 18.5 Å². The van der Waals surface area contributed by atoms with Gasteiger partial charge in [-0.3, -0.25) is 4.98 Å². The van der Waals surface area contributed by atoms with Crippen LogP contribution >= 0.6 is 0 Å². The number of nitrogens with zero attached hydrogens (tertiary/aromatic N) is 2. The number of likely N-dealkylation sites (N-methyl/N-ethyl adjacent to an activating group) is 1. The van der Waals surface area contributed by atoms with E-state index in [-0.39, 0.29) is 0 Å². The van der Waals surface area contributed by atoms with Crippen molar-refractivity contribution >= 4 is 0 Å². The summed E-state index contributed by atoms with van der Waals surface area (Å²) in [6.07, 6.45) is 7.82. The van der Waals surface area contributed by atoms with E-state index in [4.69, 9.17) is 0 Å². The predicted octanol–water partition coefficient (Wildman–Crippen LogP) is 1.96. The molecule has 1 N–H and O–H groups in total. The smallest absolute Gasteiger partial charge is 0.0328 e. The van der Waals surface area contributed by atoms with Crippen LogP contribution in [0.2, 0.25) is 0 Å². The van der Waals surface area contributed by atoms with E-state index in [9.17, 15) is 0 Å². The van der Waals surface area contributed by atoms with Gasteiger partial charge in [0.2, 0.25) is 0 Å². The lowest BCUT2D eigenvalue weighted by Gasteiger charge is -2.47. The minimum atomic E-state index is 0.399. The topological polar surface area (TPSA) is 28.2 Å². The summed E-state index contributed by atoms with van der Waals surface area (Å²) in [5.74, 6) is 0. The highest BCUT2D eigenvalue weighted by molar-refractivity contribution is 5.21. The molecule has 1 fully saturated rings. The maximum Gasteiger partial charge on any atom is 0.0328 e. The van der Waals surface area contributed by atoms with Crippen molar-refractivity contribution in [3.63, 3.8) is 0 Å². The molecule has 1 heterocycles. The molecule has 0 unspecified atom stereocenters. The monoisotopic (exact) mass is 233 g/mol. The van der Waals surface area contributed by atoms with Gasteiger partial charge in [0, 0.05) is 31.0 Å². The lowest BCUT2D eigenvalue weighted by Crippen LogP contribution is -2.56. The second-order valence-electron chi connectivity index (χ2n) is 5.38. The van der Waals surface area contributed by atoms with Gasteiger partial charge in [-0.2, -0.15) is 0 Å². The van der Waals surface area contributed by atoms with Gasteiger partial charge in [-0.15, -0.1) is 0 Å². The summed E-state index contributed by atoms with van der Waals surface area (Å²) in [5.41, 5.74) is 3.02. The minimum absolute atomic E-state index is 0.399. The number of hydrogen-bond donors (Lipinski definition) is 1. The van der Waals surface area contributed by atoms with Crippen molar-refractivity contribution in [2.75, 3.05) is 20.6 Å². The molecule has 0 aliphatic heterocycles. The molecule has 1 aromatic heterocycles. The fourth-order valence-corrected chi connectivity index (χ4v) is 2.48. The summed E-state index contributed by atoms with van der Waals surface area (Å²) >= 11 is 0. The van der Waals surface area contributed by atoms with Crippen molar-refractivity contribution < 1.29 is 0 Å². The van der Waals surface area contributed by atoms with Crippen LogP contribution in [-0.2, 0) is 6.54 Å². The maximum atomic E-state index is 4.18. The molecule has 0 bridgehead atoms. The zero-order chi connectivity index (χ0) is 12.3. The molecule has 0 amide bonds. The van der Waals surface area contributed by atoms with Crippen LogP contribution < -0.4 is 5.32 Å². The van der Waals surface area contributed by atoms with E-state index in [0.717, 1.165) is 13.1 Å². The molecule has 0 saturated heterocycles. The first-order valence-electron chi connectivity index (χ1n) is 6.42. The Morgan fingerprint density at radius 3 is 2.71 bits per heavy atom. The van der Waals surface area contributed by atoms with Crippen LogP contribution in [0.4, 0.5) is 0 Å². The summed E-state index contributed by atoms with van der Waals surface area (Å²) in [6, 6.07) is 2.07. The van der Waals surface area contributed by atoms with Crippen molar-refractivity contribution in [3.8, 4) is 0 Å². The molecule has 2 rings (SSSR count). The van der Waals surface area contributed by atoms with Gasteiger partial charge < -0.3 is 10.2 Å². The van der Waals surface area contributed by atoms with E-state index in [1.165, 1.54) is 30.4 Å². The Bertz CT molecular complexity index is 369. The molecule has 0 aromatic carbocycles. The van der Waals surface area contributed by atoms with Gasteiger partial charge in [-0.05, 0) is 57.5 Å². The third-order valence-corrected chi connectivity index (χ3v) is 4.15.